The molecule has 4 heteroatoms. The van der Waals surface area contributed by atoms with Gasteiger partial charge in [0.25, 0.3) is 0 Å². The minimum atomic E-state index is 0.611. The van der Waals surface area contributed by atoms with E-state index in [9.17, 15) is 0 Å². The molecule has 17 heavy (non-hydrogen) atoms. The summed E-state index contributed by atoms with van der Waals surface area (Å²) >= 11 is 0. The zero-order valence-corrected chi connectivity index (χ0v) is 11.8. The van der Waals surface area contributed by atoms with Crippen LogP contribution in [0.25, 0.3) is 0 Å². The Hall–Kier alpha value is -0.770. The summed E-state index contributed by atoms with van der Waals surface area (Å²) in [6, 6.07) is 0.840. The van der Waals surface area contributed by atoms with E-state index in [-0.39, 0.29) is 0 Å². The third kappa shape index (κ3) is 6.51. The van der Waals surface area contributed by atoms with Gasteiger partial charge in [-0.2, -0.15) is 0 Å². The Labute approximate surface area is 106 Å². The highest BCUT2D eigenvalue weighted by Crippen LogP contribution is 2.24. The maximum absolute atomic E-state index is 4.55. The van der Waals surface area contributed by atoms with Crippen LogP contribution < -0.4 is 10.6 Å². The fourth-order valence-electron chi connectivity index (χ4n) is 1.66. The van der Waals surface area contributed by atoms with Gasteiger partial charge in [-0.1, -0.05) is 13.8 Å². The molecular formula is C13H28N4. The fraction of sp³-hybridized carbons (Fsp3) is 0.923. The van der Waals surface area contributed by atoms with Crippen LogP contribution in [0, 0.1) is 5.92 Å². The normalized spacial score (nSPS) is 16.7. The van der Waals surface area contributed by atoms with Crippen LogP contribution in [0.15, 0.2) is 4.99 Å². The molecule has 1 fully saturated rings. The van der Waals surface area contributed by atoms with Crippen molar-refractivity contribution < 1.29 is 0 Å². The molecule has 0 saturated heterocycles. The van der Waals surface area contributed by atoms with Crippen molar-refractivity contribution in [1.82, 2.24) is 15.5 Å². The van der Waals surface area contributed by atoms with E-state index >= 15 is 0 Å². The molecule has 0 atom stereocenters. The van der Waals surface area contributed by atoms with Gasteiger partial charge in [0, 0.05) is 32.2 Å². The predicted octanol–water partition coefficient (Wildman–Crippen LogP) is 1.29. The lowest BCUT2D eigenvalue weighted by molar-refractivity contribution is 0.328. The van der Waals surface area contributed by atoms with Crippen molar-refractivity contribution in [3.8, 4) is 0 Å². The summed E-state index contributed by atoms with van der Waals surface area (Å²) in [6.45, 7) is 10.3. The Bertz CT molecular complexity index is 234. The molecule has 0 aromatic rings. The molecule has 1 aliphatic rings. The summed E-state index contributed by atoms with van der Waals surface area (Å²) < 4.78 is 0. The van der Waals surface area contributed by atoms with Crippen LogP contribution in [0.1, 0.15) is 33.6 Å². The zero-order chi connectivity index (χ0) is 12.7. The molecule has 1 saturated carbocycles. The summed E-state index contributed by atoms with van der Waals surface area (Å²) in [6.07, 6.45) is 2.75. The predicted molar refractivity (Wildman–Crippen MR) is 74.5 cm³/mol. The molecule has 1 aliphatic carbocycles. The van der Waals surface area contributed by atoms with E-state index in [1.165, 1.54) is 12.8 Å². The van der Waals surface area contributed by atoms with Crippen molar-refractivity contribution in [2.45, 2.75) is 39.7 Å². The summed E-state index contributed by atoms with van der Waals surface area (Å²) in [5.74, 6) is 1.56. The van der Waals surface area contributed by atoms with Gasteiger partial charge in [-0.15, -0.1) is 0 Å². The van der Waals surface area contributed by atoms with Crippen molar-refractivity contribution in [2.24, 2.45) is 10.9 Å². The highest BCUT2D eigenvalue weighted by molar-refractivity contribution is 5.79. The largest absolute Gasteiger partial charge is 0.357 e. The molecule has 0 aliphatic heterocycles. The molecule has 0 heterocycles. The summed E-state index contributed by atoms with van der Waals surface area (Å²) in [4.78, 5) is 6.98. The maximum atomic E-state index is 4.55. The first-order chi connectivity index (χ1) is 8.13. The van der Waals surface area contributed by atoms with Crippen LogP contribution in [0.4, 0.5) is 0 Å². The molecule has 0 amide bonds. The lowest BCUT2D eigenvalue weighted by Gasteiger charge is -2.17. The van der Waals surface area contributed by atoms with Crippen LogP contribution >= 0.6 is 0 Å². The van der Waals surface area contributed by atoms with Crippen molar-refractivity contribution >= 4 is 5.96 Å². The highest BCUT2D eigenvalue weighted by Gasteiger charge is 2.25. The molecule has 100 valence electrons. The number of likely N-dealkylation sites (N-methyl/N-ethyl adjacent to an activating group) is 1. The number of aliphatic imine (C=N–C) groups is 1. The SMILES string of the molecule is CCNC(=NCC(C)C)NCCN(C)C1CC1. The van der Waals surface area contributed by atoms with Gasteiger partial charge in [-0.3, -0.25) is 4.99 Å². The monoisotopic (exact) mass is 240 g/mol. The fourth-order valence-corrected chi connectivity index (χ4v) is 1.66. The first-order valence-electron chi connectivity index (χ1n) is 6.86. The molecule has 0 aromatic carbocycles. The van der Waals surface area contributed by atoms with E-state index in [0.29, 0.717) is 5.92 Å². The van der Waals surface area contributed by atoms with E-state index in [0.717, 1.165) is 38.2 Å². The Balaban J connectivity index is 2.20. The summed E-state index contributed by atoms with van der Waals surface area (Å²) in [7, 11) is 2.21. The number of nitrogens with one attached hydrogen (secondary N) is 2. The van der Waals surface area contributed by atoms with Gasteiger partial charge in [-0.05, 0) is 32.7 Å². The number of hydrogen-bond donors (Lipinski definition) is 2. The van der Waals surface area contributed by atoms with E-state index in [1.807, 2.05) is 0 Å². The van der Waals surface area contributed by atoms with E-state index in [4.69, 9.17) is 0 Å². The molecule has 1 rings (SSSR count). The van der Waals surface area contributed by atoms with Gasteiger partial charge in [0.05, 0.1) is 0 Å². The standard InChI is InChI=1S/C13H28N4/c1-5-14-13(16-10-11(2)3)15-8-9-17(4)12-6-7-12/h11-12H,5-10H2,1-4H3,(H2,14,15,16). The first kappa shape index (κ1) is 14.3. The lowest BCUT2D eigenvalue weighted by Crippen LogP contribution is -2.41. The van der Waals surface area contributed by atoms with Gasteiger partial charge in [0.15, 0.2) is 5.96 Å². The van der Waals surface area contributed by atoms with Crippen molar-refractivity contribution in [1.29, 1.82) is 0 Å². The van der Waals surface area contributed by atoms with E-state index in [2.05, 4.69) is 48.3 Å². The molecule has 0 unspecified atom stereocenters. The number of hydrogen-bond acceptors (Lipinski definition) is 2. The molecule has 0 bridgehead atoms. The third-order valence-electron chi connectivity index (χ3n) is 2.89. The van der Waals surface area contributed by atoms with Gasteiger partial charge >= 0.3 is 0 Å². The minimum Gasteiger partial charge on any atom is -0.357 e. The molecule has 0 radical (unpaired) electrons. The van der Waals surface area contributed by atoms with E-state index in [1.54, 1.807) is 0 Å². The molecule has 2 N–H and O–H groups in total. The Kier molecular flexibility index (Phi) is 6.34. The van der Waals surface area contributed by atoms with Crippen LogP contribution in [0.5, 0.6) is 0 Å². The topological polar surface area (TPSA) is 39.7 Å². The second-order valence-corrected chi connectivity index (χ2v) is 5.25. The van der Waals surface area contributed by atoms with Gasteiger partial charge in [0.1, 0.15) is 0 Å². The maximum Gasteiger partial charge on any atom is 0.191 e. The number of rotatable bonds is 7. The van der Waals surface area contributed by atoms with Crippen molar-refractivity contribution in [3.05, 3.63) is 0 Å². The summed E-state index contributed by atoms with van der Waals surface area (Å²) in [5.41, 5.74) is 0. The minimum absolute atomic E-state index is 0.611. The van der Waals surface area contributed by atoms with Gasteiger partial charge in [-0.25, -0.2) is 0 Å². The van der Waals surface area contributed by atoms with Crippen molar-refractivity contribution in [2.75, 3.05) is 33.2 Å². The van der Waals surface area contributed by atoms with Gasteiger partial charge < -0.3 is 15.5 Å². The van der Waals surface area contributed by atoms with Crippen LogP contribution in [0.3, 0.4) is 0 Å². The highest BCUT2D eigenvalue weighted by atomic mass is 15.2. The number of nitrogens with zero attached hydrogens (tertiary/aromatic N) is 2. The van der Waals surface area contributed by atoms with E-state index < -0.39 is 0 Å². The second-order valence-electron chi connectivity index (χ2n) is 5.25. The lowest BCUT2D eigenvalue weighted by atomic mass is 10.2. The van der Waals surface area contributed by atoms with Crippen molar-refractivity contribution in [3.63, 3.8) is 0 Å². The smallest absolute Gasteiger partial charge is 0.191 e. The van der Waals surface area contributed by atoms with Crippen LogP contribution in [-0.4, -0.2) is 50.1 Å². The molecule has 4 nitrogen and oxygen atoms in total. The first-order valence-corrected chi connectivity index (χ1v) is 6.86. The average Bonchev–Trinajstić information content (AvgIpc) is 3.09. The third-order valence-corrected chi connectivity index (χ3v) is 2.89. The Morgan fingerprint density at radius 1 is 1.35 bits per heavy atom. The number of guanidine groups is 1. The Morgan fingerprint density at radius 2 is 2.06 bits per heavy atom. The molecule has 0 spiro atoms. The zero-order valence-electron chi connectivity index (χ0n) is 11.8. The average molecular weight is 240 g/mol. The summed E-state index contributed by atoms with van der Waals surface area (Å²) in [5, 5.41) is 6.66. The molecule has 0 aromatic heterocycles. The Morgan fingerprint density at radius 3 is 2.59 bits per heavy atom. The second kappa shape index (κ2) is 7.54. The van der Waals surface area contributed by atoms with Crippen LogP contribution in [0.2, 0.25) is 0 Å². The quantitative estimate of drug-likeness (QED) is 0.520. The molecular weight excluding hydrogens is 212 g/mol. The van der Waals surface area contributed by atoms with Gasteiger partial charge in [0.2, 0.25) is 0 Å². The van der Waals surface area contributed by atoms with Crippen LogP contribution in [-0.2, 0) is 0 Å².